The van der Waals surface area contributed by atoms with Gasteiger partial charge in [0.15, 0.2) is 0 Å². The molecule has 1 rings (SSSR count). The van der Waals surface area contributed by atoms with E-state index in [2.05, 4.69) is 24.3 Å². The van der Waals surface area contributed by atoms with E-state index in [1.807, 2.05) is 6.92 Å². The number of carbonyl (C=O) groups is 1. The van der Waals surface area contributed by atoms with E-state index in [1.54, 1.807) is 0 Å². The number of carboxylic acid groups (broad SMARTS) is 1. The lowest BCUT2D eigenvalue weighted by atomic mass is 9.99. The number of nitrogens with zero attached hydrogens (tertiary/aromatic N) is 1. The van der Waals surface area contributed by atoms with Gasteiger partial charge in [0.1, 0.15) is 0 Å². The van der Waals surface area contributed by atoms with E-state index in [-0.39, 0.29) is 12.5 Å². The molecular weight excluding hydrogens is 192 g/mol. The van der Waals surface area contributed by atoms with Crippen molar-refractivity contribution in [3.63, 3.8) is 0 Å². The van der Waals surface area contributed by atoms with Gasteiger partial charge in [-0.05, 0) is 33.6 Å². The monoisotopic (exact) mass is 214 g/mol. The Morgan fingerprint density at radius 3 is 2.47 bits per heavy atom. The summed E-state index contributed by atoms with van der Waals surface area (Å²) in [5.41, 5.74) is 3.30. The second-order valence-corrected chi connectivity index (χ2v) is 4.66. The Kier molecular flexibility index (Phi) is 4.54. The van der Waals surface area contributed by atoms with Gasteiger partial charge in [-0.3, -0.25) is 10.2 Å². The van der Waals surface area contributed by atoms with Crippen LogP contribution in [0.3, 0.4) is 0 Å². The number of hydrogen-bond acceptors (Lipinski definition) is 3. The van der Waals surface area contributed by atoms with Crippen molar-refractivity contribution < 1.29 is 9.90 Å². The summed E-state index contributed by atoms with van der Waals surface area (Å²) in [5.74, 6) is -0.743. The Bertz CT molecular complexity index is 211. The van der Waals surface area contributed by atoms with Crippen LogP contribution in [0.1, 0.15) is 46.5 Å². The van der Waals surface area contributed by atoms with Gasteiger partial charge >= 0.3 is 5.97 Å². The van der Waals surface area contributed by atoms with Crippen molar-refractivity contribution in [2.75, 3.05) is 0 Å². The average molecular weight is 214 g/mol. The van der Waals surface area contributed by atoms with Crippen LogP contribution in [0.4, 0.5) is 0 Å². The summed E-state index contributed by atoms with van der Waals surface area (Å²) in [7, 11) is 0. The molecular formula is C11H22N2O2. The van der Waals surface area contributed by atoms with Crippen molar-refractivity contribution in [1.82, 2.24) is 10.4 Å². The normalized spacial score (nSPS) is 30.1. The predicted octanol–water partition coefficient (Wildman–Crippen LogP) is 1.62. The fourth-order valence-corrected chi connectivity index (χ4v) is 2.24. The van der Waals surface area contributed by atoms with Crippen LogP contribution in [0, 0.1) is 0 Å². The molecule has 1 heterocycles. The zero-order chi connectivity index (χ0) is 11.4. The van der Waals surface area contributed by atoms with Crippen LogP contribution in [0.15, 0.2) is 0 Å². The van der Waals surface area contributed by atoms with E-state index in [0.717, 1.165) is 0 Å². The van der Waals surface area contributed by atoms with Gasteiger partial charge in [-0.25, -0.2) is 5.01 Å². The molecule has 2 N–H and O–H groups in total. The van der Waals surface area contributed by atoms with Crippen molar-refractivity contribution in [2.24, 2.45) is 0 Å². The van der Waals surface area contributed by atoms with Gasteiger partial charge in [-0.2, -0.15) is 0 Å². The first-order chi connectivity index (χ1) is 7.00. The molecule has 1 aliphatic heterocycles. The first-order valence-corrected chi connectivity index (χ1v) is 5.77. The van der Waals surface area contributed by atoms with E-state index in [4.69, 9.17) is 5.11 Å². The molecule has 1 saturated heterocycles. The van der Waals surface area contributed by atoms with Crippen LogP contribution >= 0.6 is 0 Å². The summed E-state index contributed by atoms with van der Waals surface area (Å²) in [4.78, 5) is 10.6. The molecule has 88 valence electrons. The Balaban J connectivity index is 2.43. The van der Waals surface area contributed by atoms with Gasteiger partial charge in [-0.1, -0.05) is 6.42 Å². The summed E-state index contributed by atoms with van der Waals surface area (Å²) >= 11 is 0. The molecule has 0 aliphatic carbocycles. The lowest BCUT2D eigenvalue weighted by molar-refractivity contribution is -0.138. The van der Waals surface area contributed by atoms with E-state index < -0.39 is 5.97 Å². The average Bonchev–Trinajstić information content (AvgIpc) is 2.10. The number of hydrazine groups is 1. The maximum Gasteiger partial charge on any atom is 0.304 e. The fourth-order valence-electron chi connectivity index (χ4n) is 2.24. The van der Waals surface area contributed by atoms with Crippen molar-refractivity contribution in [2.45, 2.75) is 64.6 Å². The van der Waals surface area contributed by atoms with Crippen molar-refractivity contribution in [3.8, 4) is 0 Å². The highest BCUT2D eigenvalue weighted by Gasteiger charge is 2.25. The molecule has 1 fully saturated rings. The molecule has 0 aromatic heterocycles. The van der Waals surface area contributed by atoms with Gasteiger partial charge in [0.05, 0.1) is 6.42 Å². The third-order valence-electron chi connectivity index (χ3n) is 3.04. The molecule has 4 heteroatoms. The first kappa shape index (κ1) is 12.5. The van der Waals surface area contributed by atoms with Crippen molar-refractivity contribution in [3.05, 3.63) is 0 Å². The summed E-state index contributed by atoms with van der Waals surface area (Å²) < 4.78 is 0. The molecule has 3 atom stereocenters. The van der Waals surface area contributed by atoms with Gasteiger partial charge in [-0.15, -0.1) is 0 Å². The maximum atomic E-state index is 10.6. The largest absolute Gasteiger partial charge is 0.481 e. The molecule has 3 unspecified atom stereocenters. The molecule has 4 nitrogen and oxygen atoms in total. The molecule has 0 radical (unpaired) electrons. The number of nitrogens with one attached hydrogen (secondary N) is 1. The molecule has 0 amide bonds. The fraction of sp³-hybridized carbons (Fsp3) is 0.909. The molecule has 0 aromatic carbocycles. The summed E-state index contributed by atoms with van der Waals surface area (Å²) in [6, 6.07) is 1.01. The molecule has 0 spiro atoms. The predicted molar refractivity (Wildman–Crippen MR) is 59.5 cm³/mol. The Morgan fingerprint density at radius 1 is 1.47 bits per heavy atom. The number of aliphatic carboxylic acids is 1. The summed E-state index contributed by atoms with van der Waals surface area (Å²) in [6.45, 7) is 6.30. The smallest absolute Gasteiger partial charge is 0.304 e. The standard InChI is InChI=1S/C11H22N2O2/c1-8(7-11(14)15)12-13-9(2)5-4-6-10(13)3/h8-10,12H,4-7H2,1-3H3,(H,14,15). The molecule has 0 saturated carbocycles. The lowest BCUT2D eigenvalue weighted by Crippen LogP contribution is -2.55. The number of carboxylic acids is 1. The highest BCUT2D eigenvalue weighted by molar-refractivity contribution is 5.67. The SMILES string of the molecule is CC(CC(=O)O)NN1C(C)CCCC1C. The van der Waals surface area contributed by atoms with Crippen LogP contribution in [0.2, 0.25) is 0 Å². The van der Waals surface area contributed by atoms with E-state index >= 15 is 0 Å². The lowest BCUT2D eigenvalue weighted by Gasteiger charge is -2.40. The van der Waals surface area contributed by atoms with E-state index in [9.17, 15) is 4.79 Å². The van der Waals surface area contributed by atoms with Gasteiger partial charge in [0.2, 0.25) is 0 Å². The van der Waals surface area contributed by atoms with Gasteiger partial charge in [0.25, 0.3) is 0 Å². The van der Waals surface area contributed by atoms with Gasteiger partial charge in [0, 0.05) is 18.1 Å². The number of rotatable bonds is 4. The second-order valence-electron chi connectivity index (χ2n) is 4.66. The highest BCUT2D eigenvalue weighted by atomic mass is 16.4. The summed E-state index contributed by atoms with van der Waals surface area (Å²) in [5, 5.41) is 10.9. The molecule has 0 aromatic rings. The van der Waals surface area contributed by atoms with Crippen LogP contribution in [-0.2, 0) is 4.79 Å². The van der Waals surface area contributed by atoms with E-state index in [0.29, 0.717) is 12.1 Å². The zero-order valence-corrected chi connectivity index (χ0v) is 9.86. The minimum atomic E-state index is -0.743. The Hall–Kier alpha value is -0.610. The molecule has 0 bridgehead atoms. The van der Waals surface area contributed by atoms with Crippen LogP contribution in [0.25, 0.3) is 0 Å². The highest BCUT2D eigenvalue weighted by Crippen LogP contribution is 2.20. The number of hydrogen-bond donors (Lipinski definition) is 2. The molecule has 15 heavy (non-hydrogen) atoms. The topological polar surface area (TPSA) is 52.6 Å². The minimum Gasteiger partial charge on any atom is -0.481 e. The Morgan fingerprint density at radius 2 is 2.00 bits per heavy atom. The van der Waals surface area contributed by atoms with Crippen molar-refractivity contribution in [1.29, 1.82) is 0 Å². The quantitative estimate of drug-likeness (QED) is 0.746. The van der Waals surface area contributed by atoms with Crippen LogP contribution < -0.4 is 5.43 Å². The Labute approximate surface area is 91.6 Å². The zero-order valence-electron chi connectivity index (χ0n) is 9.86. The van der Waals surface area contributed by atoms with Crippen molar-refractivity contribution >= 4 is 5.97 Å². The summed E-state index contributed by atoms with van der Waals surface area (Å²) in [6.07, 6.45) is 3.83. The molecule has 1 aliphatic rings. The maximum absolute atomic E-state index is 10.6. The first-order valence-electron chi connectivity index (χ1n) is 5.77. The van der Waals surface area contributed by atoms with Crippen LogP contribution in [-0.4, -0.2) is 34.2 Å². The van der Waals surface area contributed by atoms with E-state index in [1.165, 1.54) is 19.3 Å². The number of piperidine rings is 1. The third-order valence-corrected chi connectivity index (χ3v) is 3.04. The van der Waals surface area contributed by atoms with Crippen LogP contribution in [0.5, 0.6) is 0 Å². The second kappa shape index (κ2) is 5.47. The minimum absolute atomic E-state index is 0.00509. The third kappa shape index (κ3) is 3.80. The van der Waals surface area contributed by atoms with Gasteiger partial charge < -0.3 is 5.11 Å².